The van der Waals surface area contributed by atoms with Crippen molar-refractivity contribution in [3.05, 3.63) is 35.2 Å². The Kier molecular flexibility index (Phi) is 1.76. The predicted octanol–water partition coefficient (Wildman–Crippen LogP) is 2.56. The third kappa shape index (κ3) is 1.39. The standard InChI is InChI=1S/C11H12N2/c1-7-4-8(2)11-10(5-7)12-6-9(3)13-11/h4-6H,1-3H3. The van der Waals surface area contributed by atoms with E-state index in [1.165, 1.54) is 11.1 Å². The molecule has 2 heteroatoms. The van der Waals surface area contributed by atoms with Gasteiger partial charge in [-0.05, 0) is 38.0 Å². The van der Waals surface area contributed by atoms with Gasteiger partial charge in [0.2, 0.25) is 0 Å². The number of rotatable bonds is 0. The number of hydrogen-bond acceptors (Lipinski definition) is 2. The highest BCUT2D eigenvalue weighted by atomic mass is 14.8. The van der Waals surface area contributed by atoms with Crippen molar-refractivity contribution in [2.45, 2.75) is 20.8 Å². The molecular formula is C11H12N2. The predicted molar refractivity (Wildman–Crippen MR) is 53.7 cm³/mol. The Labute approximate surface area is 77.6 Å². The molecule has 0 amide bonds. The van der Waals surface area contributed by atoms with Gasteiger partial charge >= 0.3 is 0 Å². The Balaban J connectivity index is 2.87. The number of aryl methyl sites for hydroxylation is 3. The first-order valence-electron chi connectivity index (χ1n) is 4.37. The first kappa shape index (κ1) is 8.17. The van der Waals surface area contributed by atoms with Crippen LogP contribution in [0.4, 0.5) is 0 Å². The summed E-state index contributed by atoms with van der Waals surface area (Å²) >= 11 is 0. The quantitative estimate of drug-likeness (QED) is 0.610. The molecule has 13 heavy (non-hydrogen) atoms. The van der Waals surface area contributed by atoms with Crippen LogP contribution >= 0.6 is 0 Å². The van der Waals surface area contributed by atoms with Gasteiger partial charge in [0.1, 0.15) is 0 Å². The number of fused-ring (bicyclic) bond motifs is 1. The van der Waals surface area contributed by atoms with Crippen molar-refractivity contribution in [3.63, 3.8) is 0 Å². The van der Waals surface area contributed by atoms with Gasteiger partial charge in [0.05, 0.1) is 16.7 Å². The summed E-state index contributed by atoms with van der Waals surface area (Å²) in [6.07, 6.45) is 1.81. The fraction of sp³-hybridized carbons (Fsp3) is 0.273. The van der Waals surface area contributed by atoms with Gasteiger partial charge in [-0.1, -0.05) is 6.07 Å². The van der Waals surface area contributed by atoms with Gasteiger partial charge in [0.25, 0.3) is 0 Å². The maximum Gasteiger partial charge on any atom is 0.0919 e. The number of nitrogens with zero attached hydrogens (tertiary/aromatic N) is 2. The van der Waals surface area contributed by atoms with Gasteiger partial charge in [-0.15, -0.1) is 0 Å². The Morgan fingerprint density at radius 1 is 1.08 bits per heavy atom. The lowest BCUT2D eigenvalue weighted by molar-refractivity contribution is 1.17. The molecule has 2 aromatic rings. The van der Waals surface area contributed by atoms with E-state index < -0.39 is 0 Å². The molecule has 2 nitrogen and oxygen atoms in total. The van der Waals surface area contributed by atoms with Gasteiger partial charge in [-0.3, -0.25) is 4.98 Å². The largest absolute Gasteiger partial charge is 0.253 e. The maximum absolute atomic E-state index is 4.45. The molecule has 1 aromatic carbocycles. The van der Waals surface area contributed by atoms with Crippen molar-refractivity contribution in [1.29, 1.82) is 0 Å². The Morgan fingerprint density at radius 2 is 1.85 bits per heavy atom. The molecule has 0 radical (unpaired) electrons. The van der Waals surface area contributed by atoms with E-state index >= 15 is 0 Å². The topological polar surface area (TPSA) is 25.8 Å². The molecular weight excluding hydrogens is 160 g/mol. The van der Waals surface area contributed by atoms with Crippen LogP contribution in [0.3, 0.4) is 0 Å². The summed E-state index contributed by atoms with van der Waals surface area (Å²) in [6, 6.07) is 4.20. The van der Waals surface area contributed by atoms with Crippen LogP contribution in [0.1, 0.15) is 16.8 Å². The minimum atomic E-state index is 0.972. The van der Waals surface area contributed by atoms with Crippen molar-refractivity contribution in [2.24, 2.45) is 0 Å². The van der Waals surface area contributed by atoms with Crippen LogP contribution in [-0.4, -0.2) is 9.97 Å². The van der Waals surface area contributed by atoms with Gasteiger partial charge in [-0.2, -0.15) is 0 Å². The second-order valence-electron chi connectivity index (χ2n) is 3.46. The molecule has 0 atom stereocenters. The molecule has 0 N–H and O–H groups in total. The van der Waals surface area contributed by atoms with Crippen LogP contribution in [0.25, 0.3) is 11.0 Å². The SMILES string of the molecule is Cc1cc(C)c2nc(C)cnc2c1. The van der Waals surface area contributed by atoms with E-state index in [1.54, 1.807) is 6.20 Å². The van der Waals surface area contributed by atoms with E-state index in [4.69, 9.17) is 0 Å². The van der Waals surface area contributed by atoms with Crippen molar-refractivity contribution in [1.82, 2.24) is 9.97 Å². The summed E-state index contributed by atoms with van der Waals surface area (Å²) in [6.45, 7) is 6.11. The zero-order valence-electron chi connectivity index (χ0n) is 8.13. The van der Waals surface area contributed by atoms with Gasteiger partial charge in [0.15, 0.2) is 0 Å². The Bertz CT molecular complexity index is 461. The minimum Gasteiger partial charge on any atom is -0.253 e. The van der Waals surface area contributed by atoms with E-state index in [0.717, 1.165) is 16.7 Å². The molecule has 2 rings (SSSR count). The fourth-order valence-electron chi connectivity index (χ4n) is 1.55. The first-order chi connectivity index (χ1) is 6.16. The fourth-order valence-corrected chi connectivity index (χ4v) is 1.55. The third-order valence-electron chi connectivity index (χ3n) is 2.10. The molecule has 1 heterocycles. The van der Waals surface area contributed by atoms with Crippen molar-refractivity contribution >= 4 is 11.0 Å². The molecule has 0 aliphatic heterocycles. The number of benzene rings is 1. The van der Waals surface area contributed by atoms with Crippen LogP contribution in [0, 0.1) is 20.8 Å². The molecule has 0 aliphatic rings. The number of aromatic nitrogens is 2. The van der Waals surface area contributed by atoms with Crippen molar-refractivity contribution < 1.29 is 0 Å². The lowest BCUT2D eigenvalue weighted by Crippen LogP contribution is -1.90. The third-order valence-corrected chi connectivity index (χ3v) is 2.10. The highest BCUT2D eigenvalue weighted by Crippen LogP contribution is 2.16. The van der Waals surface area contributed by atoms with E-state index in [1.807, 2.05) is 6.92 Å². The van der Waals surface area contributed by atoms with Crippen molar-refractivity contribution in [2.75, 3.05) is 0 Å². The molecule has 0 aliphatic carbocycles. The number of hydrogen-bond donors (Lipinski definition) is 0. The molecule has 0 bridgehead atoms. The summed E-state index contributed by atoms with van der Waals surface area (Å²) in [5.41, 5.74) is 5.42. The van der Waals surface area contributed by atoms with Crippen LogP contribution in [-0.2, 0) is 0 Å². The molecule has 0 unspecified atom stereocenters. The van der Waals surface area contributed by atoms with Gasteiger partial charge in [0, 0.05) is 6.20 Å². The van der Waals surface area contributed by atoms with Gasteiger partial charge in [-0.25, -0.2) is 4.98 Å². The van der Waals surface area contributed by atoms with E-state index in [-0.39, 0.29) is 0 Å². The maximum atomic E-state index is 4.45. The normalized spacial score (nSPS) is 10.7. The zero-order valence-corrected chi connectivity index (χ0v) is 8.13. The summed E-state index contributed by atoms with van der Waals surface area (Å²) in [4.78, 5) is 8.79. The highest BCUT2D eigenvalue weighted by molar-refractivity contribution is 5.78. The van der Waals surface area contributed by atoms with Crippen LogP contribution in [0.15, 0.2) is 18.3 Å². The average Bonchev–Trinajstić information content (AvgIpc) is 2.06. The summed E-state index contributed by atoms with van der Waals surface area (Å²) in [5, 5.41) is 0. The average molecular weight is 172 g/mol. The van der Waals surface area contributed by atoms with E-state index in [2.05, 4.69) is 35.9 Å². The lowest BCUT2D eigenvalue weighted by Gasteiger charge is -2.02. The van der Waals surface area contributed by atoms with Crippen LogP contribution in [0.5, 0.6) is 0 Å². The smallest absolute Gasteiger partial charge is 0.0919 e. The zero-order chi connectivity index (χ0) is 9.42. The molecule has 0 spiro atoms. The van der Waals surface area contributed by atoms with E-state index in [0.29, 0.717) is 0 Å². The summed E-state index contributed by atoms with van der Waals surface area (Å²) in [5.74, 6) is 0. The molecule has 0 saturated heterocycles. The van der Waals surface area contributed by atoms with Crippen LogP contribution in [0.2, 0.25) is 0 Å². The second-order valence-corrected chi connectivity index (χ2v) is 3.46. The molecule has 1 aromatic heterocycles. The minimum absolute atomic E-state index is 0.972. The summed E-state index contributed by atoms with van der Waals surface area (Å²) < 4.78 is 0. The lowest BCUT2D eigenvalue weighted by atomic mass is 10.1. The highest BCUT2D eigenvalue weighted by Gasteiger charge is 2.00. The first-order valence-corrected chi connectivity index (χ1v) is 4.37. The molecule has 0 saturated carbocycles. The summed E-state index contributed by atoms with van der Waals surface area (Å²) in [7, 11) is 0. The molecule has 66 valence electrons. The monoisotopic (exact) mass is 172 g/mol. The Hall–Kier alpha value is -1.44. The second kappa shape index (κ2) is 2.80. The Morgan fingerprint density at radius 3 is 2.62 bits per heavy atom. The van der Waals surface area contributed by atoms with Gasteiger partial charge < -0.3 is 0 Å². The molecule has 0 fully saturated rings. The van der Waals surface area contributed by atoms with Crippen LogP contribution < -0.4 is 0 Å². The van der Waals surface area contributed by atoms with E-state index in [9.17, 15) is 0 Å². The van der Waals surface area contributed by atoms with Crippen molar-refractivity contribution in [3.8, 4) is 0 Å².